The summed E-state index contributed by atoms with van der Waals surface area (Å²) in [6.45, 7) is 6.90. The fourth-order valence-corrected chi connectivity index (χ4v) is 2.44. The van der Waals surface area contributed by atoms with Crippen molar-refractivity contribution in [3.8, 4) is 11.4 Å². The number of hydrogen-bond acceptors (Lipinski definition) is 3. The Bertz CT molecular complexity index is 946. The number of imidazole rings is 1. The van der Waals surface area contributed by atoms with Gasteiger partial charge in [-0.1, -0.05) is 36.9 Å². The molecule has 1 heterocycles. The molecule has 2 N–H and O–H groups in total. The zero-order chi connectivity index (χ0) is 17.1. The molecule has 0 radical (unpaired) electrons. The molecule has 0 aliphatic heterocycles. The summed E-state index contributed by atoms with van der Waals surface area (Å²) < 4.78 is 4.86. The lowest BCUT2D eigenvalue weighted by Gasteiger charge is -2.06. The number of nitrogens with one attached hydrogen (secondary N) is 2. The molecule has 0 aliphatic carbocycles. The van der Waals surface area contributed by atoms with Crippen molar-refractivity contribution in [1.29, 1.82) is 0 Å². The average Bonchev–Trinajstić information content (AvgIpc) is 2.98. The number of H-pyrrole nitrogens is 1. The van der Waals surface area contributed by atoms with Gasteiger partial charge in [0.25, 0.3) is 5.91 Å². The van der Waals surface area contributed by atoms with Gasteiger partial charge in [0, 0.05) is 11.3 Å². The van der Waals surface area contributed by atoms with Gasteiger partial charge in [0.05, 0.1) is 22.3 Å². The minimum atomic E-state index is -0.448. The third-order valence-corrected chi connectivity index (χ3v) is 3.68. The molecule has 120 valence electrons. The Hall–Kier alpha value is -3.05. The quantitative estimate of drug-likeness (QED) is 0.531. The molecule has 0 atom stereocenters. The third kappa shape index (κ3) is 3.16. The highest BCUT2D eigenvalue weighted by Gasteiger charge is 2.11. The summed E-state index contributed by atoms with van der Waals surface area (Å²) in [6, 6.07) is 12.8. The maximum absolute atomic E-state index is 11.9. The van der Waals surface area contributed by atoms with Crippen molar-refractivity contribution in [2.45, 2.75) is 0 Å². The summed E-state index contributed by atoms with van der Waals surface area (Å²) in [7, 11) is 0. The zero-order valence-corrected chi connectivity index (χ0v) is 13.4. The Morgan fingerprint density at radius 2 is 2.08 bits per heavy atom. The van der Waals surface area contributed by atoms with Crippen LogP contribution in [0.2, 0.25) is 5.02 Å². The number of amides is 1. The van der Waals surface area contributed by atoms with E-state index >= 15 is 0 Å². The van der Waals surface area contributed by atoms with E-state index in [2.05, 4.69) is 28.4 Å². The highest BCUT2D eigenvalue weighted by Crippen LogP contribution is 2.28. The van der Waals surface area contributed by atoms with Crippen LogP contribution in [0.1, 0.15) is 0 Å². The van der Waals surface area contributed by atoms with E-state index in [4.69, 9.17) is 16.3 Å². The van der Waals surface area contributed by atoms with E-state index < -0.39 is 5.91 Å². The largest absolute Gasteiger partial charge is 0.460 e. The number of aromatic nitrogens is 2. The predicted octanol–water partition coefficient (Wildman–Crippen LogP) is 4.50. The van der Waals surface area contributed by atoms with Gasteiger partial charge in [0.15, 0.2) is 5.76 Å². The van der Waals surface area contributed by atoms with Crippen molar-refractivity contribution in [1.82, 2.24) is 9.97 Å². The number of benzene rings is 2. The van der Waals surface area contributed by atoms with Crippen molar-refractivity contribution in [2.24, 2.45) is 0 Å². The van der Waals surface area contributed by atoms with Crippen LogP contribution in [-0.4, -0.2) is 15.9 Å². The molecule has 3 aromatic rings. The van der Waals surface area contributed by atoms with E-state index in [0.717, 1.165) is 17.3 Å². The molecule has 0 bridgehead atoms. The minimum absolute atomic E-state index is 0.0381. The van der Waals surface area contributed by atoms with Crippen LogP contribution in [0.3, 0.4) is 0 Å². The van der Waals surface area contributed by atoms with E-state index in [9.17, 15) is 4.79 Å². The number of halogens is 1. The molecule has 0 fully saturated rings. The second-order valence-electron chi connectivity index (χ2n) is 4.96. The lowest BCUT2D eigenvalue weighted by molar-refractivity contribution is -0.115. The Balaban J connectivity index is 1.89. The molecule has 2 aromatic carbocycles. The van der Waals surface area contributed by atoms with Crippen LogP contribution in [0.4, 0.5) is 5.69 Å². The van der Waals surface area contributed by atoms with Gasteiger partial charge in [-0.3, -0.25) is 4.79 Å². The Morgan fingerprint density at radius 1 is 1.29 bits per heavy atom. The number of anilines is 1. The minimum Gasteiger partial charge on any atom is -0.460 e. The molecule has 24 heavy (non-hydrogen) atoms. The standard InChI is InChI=1S/C18H14ClN3O2/c1-3-24-11(2)18(23)20-12-8-9-15-16(10-12)22-17(21-15)13-6-4-5-7-14(13)19/h3-10H,1-2H2,(H,20,23)(H,21,22). The van der Waals surface area contributed by atoms with Crippen LogP contribution in [0.25, 0.3) is 22.4 Å². The summed E-state index contributed by atoms with van der Waals surface area (Å²) in [4.78, 5) is 19.6. The van der Waals surface area contributed by atoms with Crippen LogP contribution in [0.5, 0.6) is 0 Å². The number of fused-ring (bicyclic) bond motifs is 1. The van der Waals surface area contributed by atoms with Crippen LogP contribution in [0, 0.1) is 0 Å². The number of nitrogens with zero attached hydrogens (tertiary/aromatic N) is 1. The Kier molecular flexibility index (Phi) is 4.35. The monoisotopic (exact) mass is 339 g/mol. The highest BCUT2D eigenvalue weighted by molar-refractivity contribution is 6.33. The van der Waals surface area contributed by atoms with Crippen molar-refractivity contribution >= 4 is 34.2 Å². The normalized spacial score (nSPS) is 10.4. The molecule has 1 aromatic heterocycles. The van der Waals surface area contributed by atoms with Crippen molar-refractivity contribution in [3.05, 3.63) is 72.7 Å². The average molecular weight is 340 g/mol. The topological polar surface area (TPSA) is 67.0 Å². The van der Waals surface area contributed by atoms with Gasteiger partial charge >= 0.3 is 0 Å². The summed E-state index contributed by atoms with van der Waals surface area (Å²) in [6.07, 6.45) is 1.15. The Labute approximate surface area is 143 Å². The van der Waals surface area contributed by atoms with E-state index in [0.29, 0.717) is 22.1 Å². The maximum Gasteiger partial charge on any atom is 0.290 e. The molecule has 6 heteroatoms. The van der Waals surface area contributed by atoms with Gasteiger partial charge in [-0.05, 0) is 30.3 Å². The van der Waals surface area contributed by atoms with E-state index in [1.54, 1.807) is 18.2 Å². The first kappa shape index (κ1) is 15.8. The summed E-state index contributed by atoms with van der Waals surface area (Å²) in [5.74, 6) is 0.179. The van der Waals surface area contributed by atoms with Gasteiger partial charge in [-0.2, -0.15) is 0 Å². The molecule has 0 saturated carbocycles. The molecule has 0 aliphatic rings. The number of carbonyl (C=O) groups excluding carboxylic acids is 1. The highest BCUT2D eigenvalue weighted by atomic mass is 35.5. The SMILES string of the molecule is C=COC(=C)C(=O)Nc1ccc2[nH]c(-c3ccccc3Cl)nc2c1. The second-order valence-corrected chi connectivity index (χ2v) is 5.37. The predicted molar refractivity (Wildman–Crippen MR) is 95.6 cm³/mol. The smallest absolute Gasteiger partial charge is 0.290 e. The van der Waals surface area contributed by atoms with Crippen LogP contribution in [-0.2, 0) is 9.53 Å². The number of aromatic amines is 1. The number of rotatable bonds is 5. The fraction of sp³-hybridized carbons (Fsp3) is 0. The third-order valence-electron chi connectivity index (χ3n) is 3.35. The van der Waals surface area contributed by atoms with E-state index in [1.807, 2.05) is 24.3 Å². The second kappa shape index (κ2) is 6.60. The van der Waals surface area contributed by atoms with Gasteiger partial charge in [0.2, 0.25) is 0 Å². The van der Waals surface area contributed by atoms with Gasteiger partial charge in [0.1, 0.15) is 5.82 Å². The molecule has 5 nitrogen and oxygen atoms in total. The first-order valence-corrected chi connectivity index (χ1v) is 7.49. The zero-order valence-electron chi connectivity index (χ0n) is 12.7. The van der Waals surface area contributed by atoms with E-state index in [-0.39, 0.29) is 5.76 Å². The summed E-state index contributed by atoms with van der Waals surface area (Å²) in [5, 5.41) is 3.30. The first-order valence-electron chi connectivity index (χ1n) is 7.11. The first-order chi connectivity index (χ1) is 11.6. The molecule has 0 spiro atoms. The summed E-state index contributed by atoms with van der Waals surface area (Å²) in [5.41, 5.74) is 2.94. The molecular formula is C18H14ClN3O2. The van der Waals surface area contributed by atoms with Crippen LogP contribution < -0.4 is 5.32 Å². The molecule has 1 amide bonds. The van der Waals surface area contributed by atoms with Gasteiger partial charge in [-0.15, -0.1) is 0 Å². The van der Waals surface area contributed by atoms with Crippen molar-refractivity contribution in [3.63, 3.8) is 0 Å². The van der Waals surface area contributed by atoms with Gasteiger partial charge < -0.3 is 15.0 Å². The number of hydrogen-bond donors (Lipinski definition) is 2. The molecule has 0 unspecified atom stereocenters. The summed E-state index contributed by atoms with van der Waals surface area (Å²) >= 11 is 6.20. The fourth-order valence-electron chi connectivity index (χ4n) is 2.22. The Morgan fingerprint density at radius 3 is 2.83 bits per heavy atom. The maximum atomic E-state index is 11.9. The molecule has 3 rings (SSSR count). The lowest BCUT2D eigenvalue weighted by Crippen LogP contribution is -2.14. The number of carbonyl (C=O) groups is 1. The van der Waals surface area contributed by atoms with Gasteiger partial charge in [-0.25, -0.2) is 4.98 Å². The lowest BCUT2D eigenvalue weighted by atomic mass is 10.2. The molecular weight excluding hydrogens is 326 g/mol. The van der Waals surface area contributed by atoms with Crippen LogP contribution in [0.15, 0.2) is 67.6 Å². The van der Waals surface area contributed by atoms with Crippen molar-refractivity contribution < 1.29 is 9.53 Å². The van der Waals surface area contributed by atoms with E-state index in [1.165, 1.54) is 0 Å². The molecule has 0 saturated heterocycles. The van der Waals surface area contributed by atoms with Crippen LogP contribution >= 0.6 is 11.6 Å². The number of ether oxygens (including phenoxy) is 1. The van der Waals surface area contributed by atoms with Crippen molar-refractivity contribution in [2.75, 3.05) is 5.32 Å².